The van der Waals surface area contributed by atoms with Crippen molar-refractivity contribution < 1.29 is 14.3 Å². The van der Waals surface area contributed by atoms with E-state index in [1.54, 1.807) is 51.2 Å². The molecule has 0 amide bonds. The van der Waals surface area contributed by atoms with Gasteiger partial charge in [-0.3, -0.25) is 4.79 Å². The molecule has 0 aliphatic rings. The van der Waals surface area contributed by atoms with Crippen LogP contribution in [0.25, 0.3) is 0 Å². The van der Waals surface area contributed by atoms with Crippen molar-refractivity contribution in [3.05, 3.63) is 97.6 Å². The molecule has 0 aliphatic heterocycles. The summed E-state index contributed by atoms with van der Waals surface area (Å²) in [5.41, 5.74) is 0.709. The van der Waals surface area contributed by atoms with Gasteiger partial charge in [0.05, 0.1) is 5.41 Å². The molecule has 0 spiro atoms. The maximum absolute atomic E-state index is 12.1. The third-order valence-electron chi connectivity index (χ3n) is 3.28. The Kier molecular flexibility index (Phi) is 10.0. The van der Waals surface area contributed by atoms with Gasteiger partial charge in [0, 0.05) is 0 Å². The van der Waals surface area contributed by atoms with Crippen LogP contribution in [-0.2, 0) is 14.3 Å². The molecule has 0 aliphatic carbocycles. The molecule has 3 heteroatoms. The minimum atomic E-state index is -0.599. The fourth-order valence-electron chi connectivity index (χ4n) is 1.81. The highest BCUT2D eigenvalue weighted by Crippen LogP contribution is 2.20. The molecule has 0 unspecified atom stereocenters. The maximum Gasteiger partial charge on any atom is 0.316 e. The summed E-state index contributed by atoms with van der Waals surface area (Å²) in [5.74, 6) is 0.683. The van der Waals surface area contributed by atoms with E-state index in [1.165, 1.54) is 6.08 Å². The molecule has 0 saturated carbocycles. The Balaban J connectivity index is 5.76. The Bertz CT molecular complexity index is 727. The fourth-order valence-corrected chi connectivity index (χ4v) is 1.81. The van der Waals surface area contributed by atoms with Crippen LogP contribution >= 0.6 is 0 Å². The number of carbonyl (C=O) groups is 1. The van der Waals surface area contributed by atoms with Crippen molar-refractivity contribution in [3.63, 3.8) is 0 Å². The number of carbonyl (C=O) groups excluding carboxylic acids is 1. The first-order valence-electron chi connectivity index (χ1n) is 9.13. The van der Waals surface area contributed by atoms with Gasteiger partial charge in [0.2, 0.25) is 0 Å². The van der Waals surface area contributed by atoms with E-state index in [0.717, 1.165) is 11.1 Å². The van der Waals surface area contributed by atoms with E-state index >= 15 is 0 Å². The number of ether oxygens (including phenoxy) is 2. The third-order valence-corrected chi connectivity index (χ3v) is 3.28. The zero-order chi connectivity index (χ0) is 22.0. The van der Waals surface area contributed by atoms with Crippen LogP contribution in [0.5, 0.6) is 0 Å². The molecule has 0 aromatic heterocycles. The Morgan fingerprint density at radius 3 is 1.43 bits per heavy atom. The molecule has 0 heterocycles. The standard InChI is InChI=1S/C25H34O3/c1-11-19(15-17-21(13-3)27-23(26)24(5,6)7)20(12-2)16-18-22(14-4)28-25(8,9)10/h11-18H,1-4H2,5-10H3/b19-15+,20-16+,21-17+,22-18+. The molecule has 0 atom stereocenters. The van der Waals surface area contributed by atoms with Crippen LogP contribution in [-0.4, -0.2) is 11.6 Å². The summed E-state index contributed by atoms with van der Waals surface area (Å²) in [6.45, 7) is 26.5. The highest BCUT2D eigenvalue weighted by Gasteiger charge is 2.23. The SMILES string of the molecule is C=C\C(=C/C=C(C=C)/C(C=C)=C/C=C(\C=C)OC(C)(C)C)OC(=O)C(C)(C)C. The molecule has 152 valence electrons. The quantitative estimate of drug-likeness (QED) is 0.251. The summed E-state index contributed by atoms with van der Waals surface area (Å²) in [6.07, 6.45) is 13.7. The van der Waals surface area contributed by atoms with Crippen molar-refractivity contribution in [2.45, 2.75) is 47.1 Å². The van der Waals surface area contributed by atoms with Crippen molar-refractivity contribution in [2.75, 3.05) is 0 Å². The average Bonchev–Trinajstić information content (AvgIpc) is 2.59. The summed E-state index contributed by atoms with van der Waals surface area (Å²) in [4.78, 5) is 12.1. The lowest BCUT2D eigenvalue weighted by molar-refractivity contribution is -0.147. The minimum absolute atomic E-state index is 0.322. The van der Waals surface area contributed by atoms with Crippen molar-refractivity contribution in [2.24, 2.45) is 5.41 Å². The van der Waals surface area contributed by atoms with E-state index in [9.17, 15) is 4.79 Å². The molecule has 0 bridgehead atoms. The van der Waals surface area contributed by atoms with Crippen molar-refractivity contribution >= 4 is 5.97 Å². The van der Waals surface area contributed by atoms with Gasteiger partial charge in [0.15, 0.2) is 0 Å². The number of rotatable bonds is 9. The van der Waals surface area contributed by atoms with Crippen molar-refractivity contribution in [3.8, 4) is 0 Å². The second kappa shape index (κ2) is 11.1. The molecule has 28 heavy (non-hydrogen) atoms. The van der Waals surface area contributed by atoms with Gasteiger partial charge in [-0.05, 0) is 77.0 Å². The Hall–Kier alpha value is -2.81. The number of hydrogen-bond donors (Lipinski definition) is 0. The highest BCUT2D eigenvalue weighted by atomic mass is 16.5. The van der Waals surface area contributed by atoms with Crippen LogP contribution in [0, 0.1) is 5.41 Å². The van der Waals surface area contributed by atoms with Crippen molar-refractivity contribution in [1.29, 1.82) is 0 Å². The average molecular weight is 383 g/mol. The van der Waals surface area contributed by atoms with Gasteiger partial charge < -0.3 is 9.47 Å². The van der Waals surface area contributed by atoms with E-state index < -0.39 is 5.41 Å². The van der Waals surface area contributed by atoms with E-state index in [1.807, 2.05) is 32.9 Å². The topological polar surface area (TPSA) is 35.5 Å². The molecule has 0 rings (SSSR count). The van der Waals surface area contributed by atoms with E-state index in [0.29, 0.717) is 11.5 Å². The summed E-state index contributed by atoms with van der Waals surface area (Å²) in [7, 11) is 0. The molecule has 0 fully saturated rings. The van der Waals surface area contributed by atoms with Crippen LogP contribution in [0.4, 0.5) is 0 Å². The third kappa shape index (κ3) is 9.77. The first kappa shape index (κ1) is 25.2. The summed E-state index contributed by atoms with van der Waals surface area (Å²) in [5, 5.41) is 0. The van der Waals surface area contributed by atoms with Gasteiger partial charge in [0.1, 0.15) is 17.1 Å². The van der Waals surface area contributed by atoms with Gasteiger partial charge in [-0.25, -0.2) is 0 Å². The van der Waals surface area contributed by atoms with Gasteiger partial charge in [-0.1, -0.05) is 50.6 Å². The lowest BCUT2D eigenvalue weighted by Crippen LogP contribution is -2.22. The number of hydrogen-bond acceptors (Lipinski definition) is 3. The lowest BCUT2D eigenvalue weighted by Gasteiger charge is -2.21. The molecule has 0 N–H and O–H groups in total. The zero-order valence-corrected chi connectivity index (χ0v) is 18.2. The molecular weight excluding hydrogens is 348 g/mol. The second-order valence-electron chi connectivity index (χ2n) is 8.05. The summed E-state index contributed by atoms with van der Waals surface area (Å²) in [6, 6.07) is 0. The van der Waals surface area contributed by atoms with Gasteiger partial charge in [-0.15, -0.1) is 0 Å². The first-order valence-corrected chi connectivity index (χ1v) is 9.13. The molecule has 0 radical (unpaired) electrons. The maximum atomic E-state index is 12.1. The predicted octanol–water partition coefficient (Wildman–Crippen LogP) is 6.76. The summed E-state index contributed by atoms with van der Waals surface area (Å²) >= 11 is 0. The monoisotopic (exact) mass is 382 g/mol. The molecule has 3 nitrogen and oxygen atoms in total. The van der Waals surface area contributed by atoms with Crippen LogP contribution < -0.4 is 0 Å². The Morgan fingerprint density at radius 1 is 0.679 bits per heavy atom. The Morgan fingerprint density at radius 2 is 1.11 bits per heavy atom. The molecule has 0 saturated heterocycles. The van der Waals surface area contributed by atoms with Gasteiger partial charge in [-0.2, -0.15) is 0 Å². The number of allylic oxidation sites excluding steroid dienone is 10. The van der Waals surface area contributed by atoms with E-state index in [2.05, 4.69) is 26.3 Å². The Labute approximate surface area is 170 Å². The van der Waals surface area contributed by atoms with Crippen LogP contribution in [0.15, 0.2) is 97.6 Å². The largest absolute Gasteiger partial charge is 0.488 e. The molecule has 0 aromatic carbocycles. The van der Waals surface area contributed by atoms with Crippen molar-refractivity contribution in [1.82, 2.24) is 0 Å². The normalized spacial score (nSPS) is 14.2. The van der Waals surface area contributed by atoms with Crippen LogP contribution in [0.2, 0.25) is 0 Å². The highest BCUT2D eigenvalue weighted by molar-refractivity contribution is 5.76. The van der Waals surface area contributed by atoms with Crippen LogP contribution in [0.3, 0.4) is 0 Å². The van der Waals surface area contributed by atoms with E-state index in [4.69, 9.17) is 9.47 Å². The number of esters is 1. The lowest BCUT2D eigenvalue weighted by atomic mass is 9.97. The first-order chi connectivity index (χ1) is 12.9. The summed E-state index contributed by atoms with van der Waals surface area (Å²) < 4.78 is 11.2. The van der Waals surface area contributed by atoms with Crippen LogP contribution in [0.1, 0.15) is 41.5 Å². The van der Waals surface area contributed by atoms with E-state index in [-0.39, 0.29) is 11.6 Å². The minimum Gasteiger partial charge on any atom is -0.488 e. The predicted molar refractivity (Wildman–Crippen MR) is 120 cm³/mol. The smallest absolute Gasteiger partial charge is 0.316 e. The molecular formula is C25H34O3. The van der Waals surface area contributed by atoms with Gasteiger partial charge >= 0.3 is 5.97 Å². The fraction of sp³-hybridized carbons (Fsp3) is 0.320. The second-order valence-corrected chi connectivity index (χ2v) is 8.05. The zero-order valence-electron chi connectivity index (χ0n) is 18.2. The van der Waals surface area contributed by atoms with Gasteiger partial charge in [0.25, 0.3) is 0 Å². The molecule has 0 aromatic rings.